The lowest BCUT2D eigenvalue weighted by molar-refractivity contribution is -0.122. The van der Waals surface area contributed by atoms with Crippen LogP contribution in [0.25, 0.3) is 11.8 Å². The number of imide groups is 2. The van der Waals surface area contributed by atoms with Crippen molar-refractivity contribution in [1.29, 1.82) is 0 Å². The Bertz CT molecular complexity index is 1300. The summed E-state index contributed by atoms with van der Waals surface area (Å²) in [4.78, 5) is 39.1. The monoisotopic (exact) mass is 447 g/mol. The fourth-order valence-corrected chi connectivity index (χ4v) is 4.05. The van der Waals surface area contributed by atoms with E-state index in [-0.39, 0.29) is 5.57 Å². The van der Waals surface area contributed by atoms with Crippen LogP contribution >= 0.6 is 11.6 Å². The minimum Gasteiger partial charge on any atom is -0.318 e. The lowest BCUT2D eigenvalue weighted by Crippen LogP contribution is -2.54. The van der Waals surface area contributed by atoms with Gasteiger partial charge in [0.25, 0.3) is 11.8 Å². The van der Waals surface area contributed by atoms with Gasteiger partial charge in [-0.1, -0.05) is 35.4 Å². The van der Waals surface area contributed by atoms with Crippen molar-refractivity contribution in [3.05, 3.63) is 87.2 Å². The number of rotatable bonds is 3. The number of anilines is 1. The average molecular weight is 448 g/mol. The van der Waals surface area contributed by atoms with Gasteiger partial charge in [-0.15, -0.1) is 0 Å². The van der Waals surface area contributed by atoms with E-state index in [0.717, 1.165) is 33.1 Å². The van der Waals surface area contributed by atoms with Crippen molar-refractivity contribution in [3.63, 3.8) is 0 Å². The maximum absolute atomic E-state index is 13.2. The lowest BCUT2D eigenvalue weighted by atomic mass is 10.1. The van der Waals surface area contributed by atoms with E-state index in [4.69, 9.17) is 11.6 Å². The maximum Gasteiger partial charge on any atom is 0.335 e. The van der Waals surface area contributed by atoms with Gasteiger partial charge in [0, 0.05) is 22.1 Å². The number of carbonyl (C=O) groups is 3. The van der Waals surface area contributed by atoms with Crippen molar-refractivity contribution >= 4 is 41.2 Å². The third kappa shape index (κ3) is 3.63. The molecule has 0 bridgehead atoms. The summed E-state index contributed by atoms with van der Waals surface area (Å²) in [7, 11) is 0. The quantitative estimate of drug-likeness (QED) is 0.452. The number of aryl methyl sites for hydroxylation is 2. The highest BCUT2D eigenvalue weighted by atomic mass is 35.5. The molecule has 4 amide bonds. The Morgan fingerprint density at radius 2 is 1.62 bits per heavy atom. The molecular formula is C25H22ClN3O3. The first kappa shape index (κ1) is 21.6. The molecule has 1 aromatic heterocycles. The van der Waals surface area contributed by atoms with Crippen LogP contribution in [0.4, 0.5) is 10.5 Å². The van der Waals surface area contributed by atoms with Crippen LogP contribution in [0.3, 0.4) is 0 Å². The van der Waals surface area contributed by atoms with Gasteiger partial charge in [0.2, 0.25) is 0 Å². The molecule has 1 fully saturated rings. The van der Waals surface area contributed by atoms with E-state index < -0.39 is 17.8 Å². The maximum atomic E-state index is 13.2. The van der Waals surface area contributed by atoms with E-state index in [1.54, 1.807) is 24.3 Å². The molecule has 2 heterocycles. The van der Waals surface area contributed by atoms with Gasteiger partial charge in [0.05, 0.1) is 5.69 Å². The molecule has 162 valence electrons. The highest BCUT2D eigenvalue weighted by Gasteiger charge is 2.37. The smallest absolute Gasteiger partial charge is 0.318 e. The molecule has 2 aromatic carbocycles. The van der Waals surface area contributed by atoms with Gasteiger partial charge in [-0.25, -0.2) is 9.69 Å². The number of nitrogens with one attached hydrogen (secondary N) is 1. The van der Waals surface area contributed by atoms with E-state index in [2.05, 4.69) is 5.32 Å². The van der Waals surface area contributed by atoms with Crippen LogP contribution in [0.1, 0.15) is 28.1 Å². The molecule has 3 aromatic rings. The first-order valence-corrected chi connectivity index (χ1v) is 10.5. The van der Waals surface area contributed by atoms with Crippen LogP contribution in [0.2, 0.25) is 5.02 Å². The van der Waals surface area contributed by atoms with Crippen molar-refractivity contribution in [2.45, 2.75) is 27.7 Å². The number of barbiturate groups is 1. The molecule has 1 aliphatic rings. The number of aromatic nitrogens is 1. The number of urea groups is 1. The molecule has 0 aliphatic carbocycles. The van der Waals surface area contributed by atoms with Gasteiger partial charge in [-0.05, 0) is 75.2 Å². The zero-order valence-electron chi connectivity index (χ0n) is 18.2. The second-order valence-electron chi connectivity index (χ2n) is 7.84. The number of hydrogen-bond acceptors (Lipinski definition) is 3. The molecule has 0 unspecified atom stereocenters. The van der Waals surface area contributed by atoms with Gasteiger partial charge in [0.15, 0.2) is 0 Å². The minimum absolute atomic E-state index is 0.103. The summed E-state index contributed by atoms with van der Waals surface area (Å²) in [6.45, 7) is 7.71. The third-order valence-corrected chi connectivity index (χ3v) is 6.05. The average Bonchev–Trinajstić information content (AvgIpc) is 3.01. The van der Waals surface area contributed by atoms with Crippen molar-refractivity contribution < 1.29 is 14.4 Å². The Labute approximate surface area is 191 Å². The Kier molecular flexibility index (Phi) is 5.48. The Balaban J connectivity index is 1.78. The van der Waals surface area contributed by atoms with Gasteiger partial charge in [0.1, 0.15) is 5.57 Å². The van der Waals surface area contributed by atoms with Gasteiger partial charge in [-0.2, -0.15) is 0 Å². The van der Waals surface area contributed by atoms with Crippen molar-refractivity contribution in [2.75, 3.05) is 4.90 Å². The molecule has 0 radical (unpaired) electrons. The normalized spacial score (nSPS) is 15.5. The van der Waals surface area contributed by atoms with Gasteiger partial charge >= 0.3 is 6.03 Å². The first-order chi connectivity index (χ1) is 15.2. The summed E-state index contributed by atoms with van der Waals surface area (Å²) in [5.41, 5.74) is 5.62. The van der Waals surface area contributed by atoms with Crippen LogP contribution in [0.5, 0.6) is 0 Å². The molecule has 7 heteroatoms. The molecule has 0 spiro atoms. The second-order valence-corrected chi connectivity index (χ2v) is 8.25. The summed E-state index contributed by atoms with van der Waals surface area (Å²) in [5, 5.41) is 2.92. The van der Waals surface area contributed by atoms with Crippen LogP contribution in [-0.4, -0.2) is 22.4 Å². The van der Waals surface area contributed by atoms with Crippen molar-refractivity contribution in [3.8, 4) is 5.69 Å². The highest BCUT2D eigenvalue weighted by Crippen LogP contribution is 2.29. The fraction of sp³-hybridized carbons (Fsp3) is 0.160. The zero-order valence-corrected chi connectivity index (χ0v) is 18.9. The molecule has 0 saturated carbocycles. The molecule has 32 heavy (non-hydrogen) atoms. The Morgan fingerprint density at radius 1 is 0.938 bits per heavy atom. The predicted molar refractivity (Wildman–Crippen MR) is 125 cm³/mol. The van der Waals surface area contributed by atoms with E-state index in [1.807, 2.05) is 56.5 Å². The summed E-state index contributed by atoms with van der Waals surface area (Å²) in [6, 6.07) is 13.8. The molecule has 1 saturated heterocycles. The van der Waals surface area contributed by atoms with Crippen LogP contribution in [-0.2, 0) is 9.59 Å². The van der Waals surface area contributed by atoms with E-state index >= 15 is 0 Å². The van der Waals surface area contributed by atoms with Crippen molar-refractivity contribution in [1.82, 2.24) is 9.88 Å². The largest absolute Gasteiger partial charge is 0.335 e. The van der Waals surface area contributed by atoms with Crippen molar-refractivity contribution in [2.24, 2.45) is 0 Å². The number of amides is 4. The summed E-state index contributed by atoms with van der Waals surface area (Å²) in [5.74, 6) is -1.38. The number of benzene rings is 2. The molecule has 4 rings (SSSR count). The standard InChI is InChI=1S/C25H22ClN3O3/c1-14-8-10-19(11-9-14)29-24(31)20(23(30)27-25(29)32)13-18-12-15(2)28(17(18)4)22-7-5-6-21(26)16(22)3/h5-13H,1-4H3,(H,27,30,32)/b20-13+. The van der Waals surface area contributed by atoms with Gasteiger partial charge < -0.3 is 4.57 Å². The van der Waals surface area contributed by atoms with Crippen LogP contribution in [0, 0.1) is 27.7 Å². The fourth-order valence-electron chi connectivity index (χ4n) is 3.88. The Morgan fingerprint density at radius 3 is 2.31 bits per heavy atom. The van der Waals surface area contributed by atoms with Crippen LogP contribution < -0.4 is 10.2 Å². The zero-order chi connectivity index (χ0) is 23.2. The molecule has 6 nitrogen and oxygen atoms in total. The summed E-state index contributed by atoms with van der Waals surface area (Å²) in [6.07, 6.45) is 1.53. The number of halogens is 1. The van der Waals surface area contributed by atoms with Gasteiger partial charge in [-0.3, -0.25) is 14.9 Å². The van der Waals surface area contributed by atoms with E-state index in [9.17, 15) is 14.4 Å². The number of hydrogen-bond donors (Lipinski definition) is 1. The molecular weight excluding hydrogens is 426 g/mol. The first-order valence-electron chi connectivity index (χ1n) is 10.1. The molecule has 0 atom stereocenters. The number of nitrogens with zero attached hydrogens (tertiary/aromatic N) is 2. The second kappa shape index (κ2) is 8.13. The lowest BCUT2D eigenvalue weighted by Gasteiger charge is -2.26. The topological polar surface area (TPSA) is 71.4 Å². The number of carbonyl (C=O) groups excluding carboxylic acids is 3. The van der Waals surface area contributed by atoms with E-state index in [1.165, 1.54) is 6.08 Å². The summed E-state index contributed by atoms with van der Waals surface area (Å²) < 4.78 is 2.03. The predicted octanol–water partition coefficient (Wildman–Crippen LogP) is 5.03. The minimum atomic E-state index is -0.763. The summed E-state index contributed by atoms with van der Waals surface area (Å²) >= 11 is 6.31. The SMILES string of the molecule is Cc1ccc(N2C(=O)NC(=O)/C(=C\c3cc(C)n(-c4cccc(Cl)c4C)c3C)C2=O)cc1. The highest BCUT2D eigenvalue weighted by molar-refractivity contribution is 6.39. The van der Waals surface area contributed by atoms with Crippen LogP contribution in [0.15, 0.2) is 54.1 Å². The third-order valence-electron chi connectivity index (χ3n) is 5.64. The Hall–Kier alpha value is -3.64. The molecule has 1 aliphatic heterocycles. The molecule has 1 N–H and O–H groups in total. The van der Waals surface area contributed by atoms with E-state index in [0.29, 0.717) is 16.3 Å².